The molecule has 0 radical (unpaired) electrons. The Kier molecular flexibility index (Phi) is 31.0. The predicted octanol–water partition coefficient (Wildman–Crippen LogP) is 11.7. The maximum Gasteiger partial charge on any atom is 0.323 e. The van der Waals surface area contributed by atoms with Gasteiger partial charge in [-0.25, -0.2) is 0 Å². The van der Waals surface area contributed by atoms with Gasteiger partial charge in [-0.1, -0.05) is 190 Å². The average Bonchev–Trinajstić information content (AvgIpc) is 3.11. The summed E-state index contributed by atoms with van der Waals surface area (Å²) < 4.78 is 11.3. The van der Waals surface area contributed by atoms with E-state index in [0.29, 0.717) is 12.5 Å². The minimum Gasteiger partial charge on any atom is -0.460 e. The number of morpholine rings is 2. The van der Waals surface area contributed by atoms with E-state index in [1.54, 1.807) is 0 Å². The molecule has 7 heteroatoms. The summed E-state index contributed by atoms with van der Waals surface area (Å²) in [6, 6.07) is -0.321. The second-order valence-electron chi connectivity index (χ2n) is 17.3. The van der Waals surface area contributed by atoms with Gasteiger partial charge in [0.25, 0.3) is 0 Å². The van der Waals surface area contributed by atoms with Crippen molar-refractivity contribution in [3.63, 3.8) is 0 Å². The molecular formula is C46H90N2O5. The highest BCUT2D eigenvalue weighted by Gasteiger charge is 2.38. The summed E-state index contributed by atoms with van der Waals surface area (Å²) in [7, 11) is 0. The van der Waals surface area contributed by atoms with Crippen LogP contribution in [-0.2, 0) is 19.1 Å². The van der Waals surface area contributed by atoms with Gasteiger partial charge in [-0.05, 0) is 43.9 Å². The molecule has 0 amide bonds. The third-order valence-electron chi connectivity index (χ3n) is 11.4. The number of carbonyl (C=O) groups excluding carboxylic acids is 2. The van der Waals surface area contributed by atoms with E-state index in [1.165, 1.54) is 141 Å². The van der Waals surface area contributed by atoms with Crippen LogP contribution >= 0.6 is 0 Å². The molecule has 53 heavy (non-hydrogen) atoms. The Balaban J connectivity index is 0.000000598. The third kappa shape index (κ3) is 24.8. The van der Waals surface area contributed by atoms with Crippen LogP contribution in [0.2, 0.25) is 0 Å². The van der Waals surface area contributed by atoms with Crippen molar-refractivity contribution in [1.29, 1.82) is 0 Å². The second-order valence-corrected chi connectivity index (χ2v) is 17.3. The zero-order valence-electron chi connectivity index (χ0n) is 36.3. The van der Waals surface area contributed by atoms with Crippen LogP contribution in [0.25, 0.3) is 0 Å². The van der Waals surface area contributed by atoms with Gasteiger partial charge in [0.1, 0.15) is 24.3 Å². The van der Waals surface area contributed by atoms with E-state index in [4.69, 9.17) is 9.47 Å². The Morgan fingerprint density at radius 2 is 1.00 bits per heavy atom. The van der Waals surface area contributed by atoms with Crippen LogP contribution in [0.4, 0.5) is 0 Å². The van der Waals surface area contributed by atoms with E-state index in [0.717, 1.165) is 45.2 Å². The molecule has 0 aliphatic carbocycles. The number of carbonyl (C=O) groups is 2. The smallest absolute Gasteiger partial charge is 0.323 e. The first-order valence-electron chi connectivity index (χ1n) is 23.2. The number of esters is 2. The number of aliphatic hydroxyl groups excluding tert-OH is 1. The zero-order chi connectivity index (χ0) is 39.1. The molecule has 2 aliphatic rings. The molecule has 5 unspecified atom stereocenters. The molecule has 0 bridgehead atoms. The average molecular weight is 751 g/mol. The summed E-state index contributed by atoms with van der Waals surface area (Å²) >= 11 is 0. The van der Waals surface area contributed by atoms with Crippen LogP contribution in [0, 0.1) is 11.8 Å². The minimum atomic E-state index is -0.346. The van der Waals surface area contributed by atoms with Gasteiger partial charge in [0.05, 0.1) is 6.10 Å². The van der Waals surface area contributed by atoms with Crippen molar-refractivity contribution in [3.8, 4) is 0 Å². The highest BCUT2D eigenvalue weighted by Crippen LogP contribution is 2.24. The lowest BCUT2D eigenvalue weighted by Crippen LogP contribution is -2.56. The van der Waals surface area contributed by atoms with E-state index < -0.39 is 0 Å². The van der Waals surface area contributed by atoms with E-state index >= 15 is 0 Å². The van der Waals surface area contributed by atoms with Gasteiger partial charge >= 0.3 is 11.9 Å². The number of rotatable bonds is 31. The predicted molar refractivity (Wildman–Crippen MR) is 224 cm³/mol. The quantitative estimate of drug-likeness (QED) is 0.0539. The molecule has 5 atom stereocenters. The number of hydrogen-bond donors (Lipinski definition) is 2. The third-order valence-corrected chi connectivity index (χ3v) is 11.4. The molecule has 0 aromatic rings. The Hall–Kier alpha value is -1.18. The molecule has 7 nitrogen and oxygen atoms in total. The first kappa shape index (κ1) is 49.8. The van der Waals surface area contributed by atoms with Crippen molar-refractivity contribution >= 4 is 11.9 Å². The van der Waals surface area contributed by atoms with Crippen molar-refractivity contribution in [2.75, 3.05) is 19.6 Å². The second kappa shape index (κ2) is 33.0. The molecule has 2 N–H and O–H groups in total. The SMILES string of the molecule is CCCCCCCCCCC(O)CN1CC(CCCCCCCCCC)OC(=O)C1C(C)C.CCCCCCCCCCC1CNC(C(C)C)C(=O)O1. The van der Waals surface area contributed by atoms with Crippen LogP contribution in [0.3, 0.4) is 0 Å². The standard InChI is InChI=1S/C29H57NO3.C17H33NO2/c1-5-7-9-11-13-15-17-19-21-26(31)23-30-24-27(33-29(32)28(30)25(3)4)22-20-18-16-14-12-10-8-6-2;1-4-5-6-7-8-9-10-11-12-15-13-18-16(14(2)3)17(19)20-15/h25-28,31H,5-24H2,1-4H3;14-16,18H,4-13H2,1-3H3. The van der Waals surface area contributed by atoms with Crippen molar-refractivity contribution in [2.45, 2.75) is 252 Å². The van der Waals surface area contributed by atoms with E-state index in [1.807, 2.05) is 0 Å². The van der Waals surface area contributed by atoms with E-state index in [9.17, 15) is 14.7 Å². The van der Waals surface area contributed by atoms with Crippen LogP contribution in [0.15, 0.2) is 0 Å². The number of ether oxygens (including phenoxy) is 2. The van der Waals surface area contributed by atoms with Crippen LogP contribution < -0.4 is 5.32 Å². The summed E-state index contributed by atoms with van der Waals surface area (Å²) in [5.74, 6) is 0.374. The number of hydrogen-bond acceptors (Lipinski definition) is 7. The van der Waals surface area contributed by atoms with Gasteiger partial charge in [-0.3, -0.25) is 14.5 Å². The molecule has 2 aliphatic heterocycles. The maximum absolute atomic E-state index is 12.7. The van der Waals surface area contributed by atoms with Crippen LogP contribution in [0.5, 0.6) is 0 Å². The topological polar surface area (TPSA) is 88.1 Å². The molecule has 0 aromatic heterocycles. The molecule has 2 fully saturated rings. The molecule has 314 valence electrons. The number of nitrogens with one attached hydrogen (secondary N) is 1. The lowest BCUT2D eigenvalue weighted by molar-refractivity contribution is -0.171. The molecule has 0 aromatic carbocycles. The van der Waals surface area contributed by atoms with Crippen molar-refractivity contribution < 1.29 is 24.2 Å². The van der Waals surface area contributed by atoms with Crippen LogP contribution in [-0.4, -0.2) is 72.0 Å². The van der Waals surface area contributed by atoms with Gasteiger partial charge in [0.2, 0.25) is 0 Å². The first-order valence-corrected chi connectivity index (χ1v) is 23.2. The van der Waals surface area contributed by atoms with Gasteiger partial charge in [-0.15, -0.1) is 0 Å². The molecule has 0 spiro atoms. The fourth-order valence-corrected chi connectivity index (χ4v) is 8.01. The number of nitrogens with zero attached hydrogens (tertiary/aromatic N) is 1. The highest BCUT2D eigenvalue weighted by atomic mass is 16.6. The van der Waals surface area contributed by atoms with Gasteiger partial charge in [0.15, 0.2) is 0 Å². The summed E-state index contributed by atoms with van der Waals surface area (Å²) in [6.07, 6.45) is 33.8. The fraction of sp³-hybridized carbons (Fsp3) is 0.957. The fourth-order valence-electron chi connectivity index (χ4n) is 8.01. The molecular weight excluding hydrogens is 661 g/mol. The lowest BCUT2D eigenvalue weighted by Gasteiger charge is -2.41. The van der Waals surface area contributed by atoms with Crippen LogP contribution in [0.1, 0.15) is 222 Å². The van der Waals surface area contributed by atoms with Crippen molar-refractivity contribution in [3.05, 3.63) is 0 Å². The number of β-amino-alcohol motifs (C(OH)–C–C–N with tert-alkyl or cyclic N) is 1. The Morgan fingerprint density at radius 3 is 1.43 bits per heavy atom. The normalized spacial score (nSPS) is 21.4. The van der Waals surface area contributed by atoms with Crippen molar-refractivity contribution in [2.24, 2.45) is 11.8 Å². The number of unbranched alkanes of at least 4 members (excludes halogenated alkanes) is 21. The monoisotopic (exact) mass is 751 g/mol. The summed E-state index contributed by atoms with van der Waals surface area (Å²) in [5, 5.41) is 14.0. The summed E-state index contributed by atoms with van der Waals surface area (Å²) in [4.78, 5) is 26.8. The molecule has 2 saturated heterocycles. The Labute approximate surface area is 329 Å². The minimum absolute atomic E-state index is 0.0112. The largest absolute Gasteiger partial charge is 0.460 e. The molecule has 2 rings (SSSR count). The Morgan fingerprint density at radius 1 is 0.585 bits per heavy atom. The zero-order valence-corrected chi connectivity index (χ0v) is 36.3. The van der Waals surface area contributed by atoms with E-state index in [-0.39, 0.29) is 48.3 Å². The highest BCUT2D eigenvalue weighted by molar-refractivity contribution is 5.77. The van der Waals surface area contributed by atoms with Gasteiger partial charge < -0.3 is 19.9 Å². The summed E-state index contributed by atoms with van der Waals surface area (Å²) in [6.45, 7) is 17.2. The van der Waals surface area contributed by atoms with E-state index in [2.05, 4.69) is 58.7 Å². The molecule has 0 saturated carbocycles. The number of cyclic esters (lactones) is 2. The maximum atomic E-state index is 12.7. The van der Waals surface area contributed by atoms with Gasteiger partial charge in [0, 0.05) is 19.6 Å². The number of aliphatic hydroxyl groups is 1. The first-order chi connectivity index (χ1) is 25.6. The van der Waals surface area contributed by atoms with Gasteiger partial charge in [-0.2, -0.15) is 0 Å². The van der Waals surface area contributed by atoms with Crippen molar-refractivity contribution in [1.82, 2.24) is 10.2 Å². The lowest BCUT2D eigenvalue weighted by atomic mass is 9.97. The summed E-state index contributed by atoms with van der Waals surface area (Å²) in [5.41, 5.74) is 0. The molecule has 2 heterocycles. The Bertz CT molecular complexity index is 865.